The number of aryl methyl sites for hydroxylation is 2. The second-order valence-electron chi connectivity index (χ2n) is 7.96. The number of hydrogen-bond acceptors (Lipinski definition) is 7. The Labute approximate surface area is 226 Å². The highest BCUT2D eigenvalue weighted by Gasteiger charge is 2.20. The molecule has 0 aliphatic carbocycles. The number of hydrogen-bond donors (Lipinski definition) is 2. The normalized spacial score (nSPS) is 11.2. The van der Waals surface area contributed by atoms with E-state index in [4.69, 9.17) is 0 Å². The van der Waals surface area contributed by atoms with Crippen LogP contribution < -0.4 is 0 Å². The minimum Gasteiger partial charge on any atom is -0.481 e. The number of thiophene rings is 5. The van der Waals surface area contributed by atoms with Crippen LogP contribution in [-0.4, -0.2) is 22.2 Å². The molecule has 4 nitrogen and oxygen atoms in total. The zero-order chi connectivity index (χ0) is 25.2. The van der Waals surface area contributed by atoms with Crippen molar-refractivity contribution in [1.29, 1.82) is 0 Å². The van der Waals surface area contributed by atoms with Crippen molar-refractivity contribution >= 4 is 68.6 Å². The number of aliphatic carboxylic acids is 2. The molecule has 0 aromatic carbocycles. The quantitative estimate of drug-likeness (QED) is 0.175. The van der Waals surface area contributed by atoms with E-state index in [0.717, 1.165) is 61.5 Å². The fourth-order valence-electron chi connectivity index (χ4n) is 3.82. The molecular formula is C26H19FO4S5. The van der Waals surface area contributed by atoms with Gasteiger partial charge in [0.2, 0.25) is 0 Å². The summed E-state index contributed by atoms with van der Waals surface area (Å²) in [5.41, 5.74) is 1.96. The average Bonchev–Trinajstić information content (AvgIpc) is 3.64. The molecule has 0 atom stereocenters. The minimum atomic E-state index is -0.856. The molecule has 5 aromatic heterocycles. The van der Waals surface area contributed by atoms with Crippen molar-refractivity contribution in [2.45, 2.75) is 25.7 Å². The summed E-state index contributed by atoms with van der Waals surface area (Å²) in [6, 6.07) is 15.4. The van der Waals surface area contributed by atoms with Gasteiger partial charge in [0.05, 0.1) is 0 Å². The molecular weight excluding hydrogens is 556 g/mol. The number of carboxylic acid groups (broad SMARTS) is 2. The minimum absolute atomic E-state index is 0.0225. The fraction of sp³-hybridized carbons (Fsp3) is 0.154. The van der Waals surface area contributed by atoms with Crippen molar-refractivity contribution in [3.8, 4) is 39.0 Å². The van der Waals surface area contributed by atoms with Crippen molar-refractivity contribution in [3.63, 3.8) is 0 Å². The Balaban J connectivity index is 1.53. The van der Waals surface area contributed by atoms with Crippen LogP contribution in [0.2, 0.25) is 0 Å². The second-order valence-corrected chi connectivity index (χ2v) is 13.1. The van der Waals surface area contributed by atoms with E-state index in [1.54, 1.807) is 51.4 Å². The predicted molar refractivity (Wildman–Crippen MR) is 149 cm³/mol. The van der Waals surface area contributed by atoms with Crippen molar-refractivity contribution in [2.24, 2.45) is 0 Å². The van der Waals surface area contributed by atoms with E-state index in [1.807, 2.05) is 23.6 Å². The Kier molecular flexibility index (Phi) is 7.49. The molecule has 0 saturated carbocycles. The van der Waals surface area contributed by atoms with Crippen LogP contribution in [0.15, 0.2) is 53.9 Å². The fourth-order valence-corrected chi connectivity index (χ4v) is 9.17. The Morgan fingerprint density at radius 1 is 0.667 bits per heavy atom. The Hall–Kier alpha value is -2.63. The van der Waals surface area contributed by atoms with Gasteiger partial charge in [-0.25, -0.2) is 0 Å². The maximum Gasteiger partial charge on any atom is 0.303 e. The third-order valence-electron chi connectivity index (χ3n) is 5.47. The molecule has 0 spiro atoms. The molecule has 2 N–H and O–H groups in total. The molecule has 36 heavy (non-hydrogen) atoms. The van der Waals surface area contributed by atoms with Crippen LogP contribution in [-0.2, 0) is 22.4 Å². The highest BCUT2D eigenvalue weighted by atomic mass is 32.1. The van der Waals surface area contributed by atoms with Gasteiger partial charge in [0.25, 0.3) is 0 Å². The van der Waals surface area contributed by atoms with Crippen molar-refractivity contribution in [2.75, 3.05) is 0 Å². The van der Waals surface area contributed by atoms with E-state index in [1.165, 1.54) is 6.07 Å². The van der Waals surface area contributed by atoms with Gasteiger partial charge < -0.3 is 10.2 Å². The first kappa shape index (κ1) is 25.0. The van der Waals surface area contributed by atoms with Gasteiger partial charge in [-0.2, -0.15) is 4.39 Å². The summed E-state index contributed by atoms with van der Waals surface area (Å²) in [4.78, 5) is 30.7. The largest absolute Gasteiger partial charge is 0.481 e. The smallest absolute Gasteiger partial charge is 0.303 e. The number of carbonyl (C=O) groups is 2. The molecule has 5 rings (SSSR count). The lowest BCUT2D eigenvalue weighted by Crippen LogP contribution is -1.97. The summed E-state index contributed by atoms with van der Waals surface area (Å²) >= 11 is 7.57. The van der Waals surface area contributed by atoms with Gasteiger partial charge in [0, 0.05) is 51.9 Å². The lowest BCUT2D eigenvalue weighted by molar-refractivity contribution is -0.138. The molecule has 5 heterocycles. The van der Waals surface area contributed by atoms with Crippen LogP contribution in [0.4, 0.5) is 4.39 Å². The summed E-state index contributed by atoms with van der Waals surface area (Å²) in [7, 11) is 0. The van der Waals surface area contributed by atoms with Crippen LogP contribution >= 0.6 is 56.7 Å². The molecule has 0 bridgehead atoms. The SMILES string of the molecule is O=C(O)CCc1cc(-c2cccs2)sc1-c1ccc(-c2sc(-c3ccc(F)s3)cc2CCC(=O)O)s1. The Bertz CT molecular complexity index is 1520. The summed E-state index contributed by atoms with van der Waals surface area (Å²) in [5, 5.41) is 20.3. The van der Waals surface area contributed by atoms with Crippen LogP contribution in [0.25, 0.3) is 39.0 Å². The topological polar surface area (TPSA) is 74.6 Å². The molecule has 10 heteroatoms. The first-order valence-corrected chi connectivity index (χ1v) is 15.1. The first-order valence-electron chi connectivity index (χ1n) is 11.0. The summed E-state index contributed by atoms with van der Waals surface area (Å²) in [5.74, 6) is -1.68. The van der Waals surface area contributed by atoms with Crippen molar-refractivity contribution in [1.82, 2.24) is 0 Å². The van der Waals surface area contributed by atoms with E-state index in [-0.39, 0.29) is 18.0 Å². The Morgan fingerprint density at radius 2 is 1.22 bits per heavy atom. The van der Waals surface area contributed by atoms with Crippen LogP contribution in [0.3, 0.4) is 0 Å². The molecule has 0 fully saturated rings. The van der Waals surface area contributed by atoms with Gasteiger partial charge in [-0.1, -0.05) is 6.07 Å². The lowest BCUT2D eigenvalue weighted by Gasteiger charge is -2.01. The molecule has 0 saturated heterocycles. The molecule has 0 amide bonds. The molecule has 0 unspecified atom stereocenters. The molecule has 0 radical (unpaired) electrons. The maximum absolute atomic E-state index is 13.7. The number of carboxylic acids is 2. The van der Waals surface area contributed by atoms with Gasteiger partial charge in [-0.3, -0.25) is 9.59 Å². The predicted octanol–water partition coefficient (Wildman–Crippen LogP) is 8.84. The van der Waals surface area contributed by atoms with Gasteiger partial charge >= 0.3 is 11.9 Å². The van der Waals surface area contributed by atoms with E-state index in [2.05, 4.69) is 18.2 Å². The second kappa shape index (κ2) is 10.8. The average molecular weight is 575 g/mol. The molecule has 0 aliphatic heterocycles. The van der Waals surface area contributed by atoms with E-state index >= 15 is 0 Å². The highest BCUT2D eigenvalue weighted by Crippen LogP contribution is 2.47. The monoisotopic (exact) mass is 574 g/mol. The number of halogens is 1. The molecule has 5 aromatic rings. The lowest BCUT2D eigenvalue weighted by atomic mass is 10.1. The van der Waals surface area contributed by atoms with E-state index < -0.39 is 11.9 Å². The highest BCUT2D eigenvalue weighted by molar-refractivity contribution is 7.29. The third kappa shape index (κ3) is 5.52. The maximum atomic E-state index is 13.7. The zero-order valence-corrected chi connectivity index (χ0v) is 22.7. The van der Waals surface area contributed by atoms with Crippen LogP contribution in [0.5, 0.6) is 0 Å². The van der Waals surface area contributed by atoms with E-state index in [0.29, 0.717) is 12.8 Å². The Morgan fingerprint density at radius 3 is 1.69 bits per heavy atom. The summed E-state index contributed by atoms with van der Waals surface area (Å²) in [6.07, 6.45) is 0.940. The standard InChI is InChI=1S/C26H19FO4S5/c27-22-8-7-17(34-22)21-13-15(4-10-24(30)31)26(36-21)19-6-5-18(33-19)25-14(3-9-23(28)29)12-20(35-25)16-2-1-11-32-16/h1-2,5-8,11-13H,3-4,9-10H2,(H,28,29)(H,30,31). The summed E-state index contributed by atoms with van der Waals surface area (Å²) in [6.45, 7) is 0. The number of rotatable bonds is 10. The van der Waals surface area contributed by atoms with Crippen LogP contribution in [0.1, 0.15) is 24.0 Å². The van der Waals surface area contributed by atoms with Crippen molar-refractivity contribution in [3.05, 3.63) is 70.2 Å². The van der Waals surface area contributed by atoms with Gasteiger partial charge in [0.1, 0.15) is 0 Å². The molecule has 184 valence electrons. The third-order valence-corrected chi connectivity index (χ3v) is 11.4. The van der Waals surface area contributed by atoms with Crippen molar-refractivity contribution < 1.29 is 24.2 Å². The molecule has 0 aliphatic rings. The van der Waals surface area contributed by atoms with Gasteiger partial charge in [-0.15, -0.1) is 56.7 Å². The van der Waals surface area contributed by atoms with E-state index in [9.17, 15) is 24.2 Å². The summed E-state index contributed by atoms with van der Waals surface area (Å²) < 4.78 is 13.7. The van der Waals surface area contributed by atoms with Gasteiger partial charge in [-0.05, 0) is 71.8 Å². The van der Waals surface area contributed by atoms with Crippen LogP contribution in [0, 0.1) is 5.13 Å². The van der Waals surface area contributed by atoms with Gasteiger partial charge in [0.15, 0.2) is 5.13 Å². The zero-order valence-electron chi connectivity index (χ0n) is 18.7. The first-order chi connectivity index (χ1) is 17.4.